The molecular weight excluding hydrogens is 302 g/mol. The van der Waals surface area contributed by atoms with Crippen LogP contribution in [0.15, 0.2) is 36.4 Å². The van der Waals surface area contributed by atoms with E-state index in [1.165, 1.54) is 35.1 Å². The summed E-state index contributed by atoms with van der Waals surface area (Å²) in [4.78, 5) is 12.5. The summed E-state index contributed by atoms with van der Waals surface area (Å²) in [7, 11) is 1.62. The van der Waals surface area contributed by atoms with Crippen molar-refractivity contribution in [3.63, 3.8) is 0 Å². The molecule has 1 aliphatic carbocycles. The quantitative estimate of drug-likeness (QED) is 0.943. The molecule has 1 atom stereocenters. The fourth-order valence-corrected chi connectivity index (χ4v) is 3.57. The van der Waals surface area contributed by atoms with Gasteiger partial charge in [-0.2, -0.15) is 0 Å². The molecule has 0 aromatic heterocycles. The summed E-state index contributed by atoms with van der Waals surface area (Å²) in [5, 5.41) is 2.93. The predicted octanol–water partition coefficient (Wildman–Crippen LogP) is 3.26. The minimum Gasteiger partial charge on any atom is -0.497 e. The number of fused-ring (bicyclic) bond motifs is 2. The van der Waals surface area contributed by atoms with E-state index in [2.05, 4.69) is 17.4 Å². The van der Waals surface area contributed by atoms with Crippen molar-refractivity contribution in [1.29, 1.82) is 0 Å². The molecule has 0 fully saturated rings. The summed E-state index contributed by atoms with van der Waals surface area (Å²) in [5.41, 5.74) is 6.16. The van der Waals surface area contributed by atoms with Crippen LogP contribution in [-0.4, -0.2) is 19.1 Å². The maximum absolute atomic E-state index is 12.5. The number of aryl methyl sites for hydroxylation is 2. The molecule has 2 aromatic carbocycles. The standard InChI is InChI=1S/C20H21NO3/c1-23-18-7-5-17(6-8-18)21-20(22)19-11-15-9-13-3-2-4-14(13)10-16(15)12-24-19/h5-10,19H,2-4,11-12H2,1H3,(H,21,22). The van der Waals surface area contributed by atoms with E-state index >= 15 is 0 Å². The molecule has 2 aromatic rings. The van der Waals surface area contributed by atoms with Gasteiger partial charge in [0.2, 0.25) is 0 Å². The molecule has 1 amide bonds. The number of rotatable bonds is 3. The molecule has 0 saturated heterocycles. The predicted molar refractivity (Wildman–Crippen MR) is 92.4 cm³/mol. The molecule has 0 bridgehead atoms. The number of hydrogen-bond donors (Lipinski definition) is 1. The van der Waals surface area contributed by atoms with E-state index in [1.54, 1.807) is 7.11 Å². The Morgan fingerprint density at radius 2 is 1.79 bits per heavy atom. The third-order valence-electron chi connectivity index (χ3n) is 4.91. The highest BCUT2D eigenvalue weighted by atomic mass is 16.5. The molecule has 4 rings (SSSR count). The van der Waals surface area contributed by atoms with E-state index in [0.717, 1.165) is 17.9 Å². The molecule has 1 unspecified atom stereocenters. The first-order valence-corrected chi connectivity index (χ1v) is 8.43. The van der Waals surface area contributed by atoms with Crippen LogP contribution in [0.4, 0.5) is 5.69 Å². The first kappa shape index (κ1) is 15.2. The van der Waals surface area contributed by atoms with Crippen LogP contribution in [0, 0.1) is 0 Å². The molecule has 1 heterocycles. The number of benzene rings is 2. The van der Waals surface area contributed by atoms with Gasteiger partial charge in [0.05, 0.1) is 13.7 Å². The summed E-state index contributed by atoms with van der Waals surface area (Å²) < 4.78 is 10.9. The van der Waals surface area contributed by atoms with E-state index < -0.39 is 6.10 Å². The van der Waals surface area contributed by atoms with Crippen molar-refractivity contribution in [2.45, 2.75) is 38.4 Å². The normalized spacial score (nSPS) is 18.6. The number of hydrogen-bond acceptors (Lipinski definition) is 3. The zero-order valence-electron chi connectivity index (χ0n) is 13.8. The van der Waals surface area contributed by atoms with Crippen LogP contribution in [0.2, 0.25) is 0 Å². The highest BCUT2D eigenvalue weighted by Crippen LogP contribution is 2.30. The van der Waals surface area contributed by atoms with Crippen molar-refractivity contribution in [2.24, 2.45) is 0 Å². The highest BCUT2D eigenvalue weighted by Gasteiger charge is 2.27. The molecule has 2 aliphatic rings. The summed E-state index contributed by atoms with van der Waals surface area (Å²) in [5.74, 6) is 0.677. The average Bonchev–Trinajstić information content (AvgIpc) is 3.07. The topological polar surface area (TPSA) is 47.6 Å². The van der Waals surface area contributed by atoms with Crippen LogP contribution in [0.5, 0.6) is 5.75 Å². The van der Waals surface area contributed by atoms with Crippen molar-refractivity contribution in [3.8, 4) is 5.75 Å². The molecule has 4 nitrogen and oxygen atoms in total. The number of methoxy groups -OCH3 is 1. The molecule has 4 heteroatoms. The lowest BCUT2D eigenvalue weighted by molar-refractivity contribution is -0.129. The van der Waals surface area contributed by atoms with E-state index in [-0.39, 0.29) is 5.91 Å². The second-order valence-electron chi connectivity index (χ2n) is 6.46. The van der Waals surface area contributed by atoms with E-state index in [0.29, 0.717) is 13.0 Å². The van der Waals surface area contributed by atoms with Crippen molar-refractivity contribution >= 4 is 11.6 Å². The Morgan fingerprint density at radius 3 is 2.50 bits per heavy atom. The van der Waals surface area contributed by atoms with Gasteiger partial charge in [-0.05, 0) is 65.8 Å². The van der Waals surface area contributed by atoms with Crippen LogP contribution in [-0.2, 0) is 35.4 Å². The van der Waals surface area contributed by atoms with Crippen molar-refractivity contribution in [2.75, 3.05) is 12.4 Å². The van der Waals surface area contributed by atoms with E-state index in [1.807, 2.05) is 24.3 Å². The maximum Gasteiger partial charge on any atom is 0.253 e. The first-order chi connectivity index (χ1) is 11.7. The minimum atomic E-state index is -0.431. The SMILES string of the molecule is COc1ccc(NC(=O)C2Cc3cc4c(cc3CO2)CCC4)cc1. The fraction of sp³-hybridized carbons (Fsp3) is 0.350. The van der Waals surface area contributed by atoms with Gasteiger partial charge >= 0.3 is 0 Å². The highest BCUT2D eigenvalue weighted by molar-refractivity contribution is 5.94. The van der Waals surface area contributed by atoms with Crippen molar-refractivity contribution < 1.29 is 14.3 Å². The van der Waals surface area contributed by atoms with Gasteiger partial charge in [-0.15, -0.1) is 0 Å². The van der Waals surface area contributed by atoms with Crippen LogP contribution in [0.3, 0.4) is 0 Å². The van der Waals surface area contributed by atoms with Crippen LogP contribution in [0.1, 0.15) is 28.7 Å². The smallest absolute Gasteiger partial charge is 0.253 e. The second kappa shape index (κ2) is 6.29. The first-order valence-electron chi connectivity index (χ1n) is 8.43. The van der Waals surface area contributed by atoms with E-state index in [9.17, 15) is 4.79 Å². The molecule has 1 aliphatic heterocycles. The van der Waals surface area contributed by atoms with Gasteiger partial charge in [-0.1, -0.05) is 12.1 Å². The van der Waals surface area contributed by atoms with Gasteiger partial charge in [-0.25, -0.2) is 0 Å². The maximum atomic E-state index is 12.5. The third-order valence-corrected chi connectivity index (χ3v) is 4.91. The molecule has 0 radical (unpaired) electrons. The lowest BCUT2D eigenvalue weighted by atomic mass is 9.94. The Kier molecular flexibility index (Phi) is 3.98. The lowest BCUT2D eigenvalue weighted by Crippen LogP contribution is -2.35. The third kappa shape index (κ3) is 2.89. The van der Waals surface area contributed by atoms with E-state index in [4.69, 9.17) is 9.47 Å². The zero-order chi connectivity index (χ0) is 16.5. The Balaban J connectivity index is 1.46. The number of ether oxygens (including phenoxy) is 2. The summed E-state index contributed by atoms with van der Waals surface area (Å²) in [6.45, 7) is 0.517. The Labute approximate surface area is 141 Å². The van der Waals surface area contributed by atoms with Crippen LogP contribution in [0.25, 0.3) is 0 Å². The van der Waals surface area contributed by atoms with Crippen molar-refractivity contribution in [1.82, 2.24) is 0 Å². The van der Waals surface area contributed by atoms with Gasteiger partial charge in [0.15, 0.2) is 0 Å². The number of anilines is 1. The summed E-state index contributed by atoms with van der Waals surface area (Å²) >= 11 is 0. The monoisotopic (exact) mass is 323 g/mol. The summed E-state index contributed by atoms with van der Waals surface area (Å²) in [6, 6.07) is 11.9. The van der Waals surface area contributed by atoms with Gasteiger partial charge < -0.3 is 14.8 Å². The number of amides is 1. The van der Waals surface area contributed by atoms with Gasteiger partial charge in [0.1, 0.15) is 11.9 Å². The molecule has 0 saturated carbocycles. The number of nitrogens with one attached hydrogen (secondary N) is 1. The molecule has 24 heavy (non-hydrogen) atoms. The fourth-order valence-electron chi connectivity index (χ4n) is 3.57. The minimum absolute atomic E-state index is 0.0914. The average molecular weight is 323 g/mol. The lowest BCUT2D eigenvalue weighted by Gasteiger charge is -2.25. The van der Waals surface area contributed by atoms with Gasteiger partial charge in [-0.3, -0.25) is 4.79 Å². The van der Waals surface area contributed by atoms with Gasteiger partial charge in [0.25, 0.3) is 5.91 Å². The van der Waals surface area contributed by atoms with Crippen LogP contribution >= 0.6 is 0 Å². The number of carbonyl (C=O) groups excluding carboxylic acids is 1. The molecule has 0 spiro atoms. The second-order valence-corrected chi connectivity index (χ2v) is 6.46. The largest absolute Gasteiger partial charge is 0.497 e. The molecular formula is C20H21NO3. The van der Waals surface area contributed by atoms with Crippen LogP contribution < -0.4 is 10.1 Å². The van der Waals surface area contributed by atoms with Crippen molar-refractivity contribution in [3.05, 3.63) is 58.7 Å². The molecule has 124 valence electrons. The summed E-state index contributed by atoms with van der Waals surface area (Å²) in [6.07, 6.45) is 3.78. The Bertz CT molecular complexity index is 767. The van der Waals surface area contributed by atoms with Gasteiger partial charge in [0, 0.05) is 12.1 Å². The Hall–Kier alpha value is -2.33. The number of carbonyl (C=O) groups is 1. The Morgan fingerprint density at radius 1 is 1.08 bits per heavy atom. The molecule has 1 N–H and O–H groups in total. The zero-order valence-corrected chi connectivity index (χ0v) is 13.8.